The molecule has 0 aromatic rings. The smallest absolute Gasteiger partial charge is 0.328 e. The van der Waals surface area contributed by atoms with Crippen molar-refractivity contribution in [2.75, 3.05) is 13.7 Å². The quantitative estimate of drug-likeness (QED) is 0.389. The van der Waals surface area contributed by atoms with Crippen LogP contribution in [0, 0.1) is 0 Å². The highest BCUT2D eigenvalue weighted by Gasteiger charge is 2.19. The summed E-state index contributed by atoms with van der Waals surface area (Å²) in [6.45, 7) is 2.14. The third kappa shape index (κ3) is 5.67. The van der Waals surface area contributed by atoms with Gasteiger partial charge in [-0.25, -0.2) is 4.79 Å². The molecule has 0 unspecified atom stereocenters. The minimum absolute atomic E-state index is 0.338. The number of ether oxygens (including phenoxy) is 1. The number of unbranched alkanes of at least 4 members (excludes halogenated alkanes) is 1. The maximum absolute atomic E-state index is 11.5. The Hall–Kier alpha value is -1.14. The van der Waals surface area contributed by atoms with E-state index in [4.69, 9.17) is 11.5 Å². The van der Waals surface area contributed by atoms with Gasteiger partial charge >= 0.3 is 5.97 Å². The first-order valence-electron chi connectivity index (χ1n) is 5.36. The molecule has 0 aliphatic carbocycles. The van der Waals surface area contributed by atoms with Gasteiger partial charge in [-0.1, -0.05) is 6.42 Å². The molecule has 94 valence electrons. The Labute approximate surface area is 95.7 Å². The van der Waals surface area contributed by atoms with Crippen molar-refractivity contribution in [3.05, 3.63) is 0 Å². The van der Waals surface area contributed by atoms with Crippen molar-refractivity contribution >= 4 is 11.9 Å². The zero-order valence-electron chi connectivity index (χ0n) is 9.86. The molecule has 0 spiro atoms. The normalized spacial score (nSPS) is 14.0. The van der Waals surface area contributed by atoms with Gasteiger partial charge in [0.1, 0.15) is 6.04 Å². The first-order valence-corrected chi connectivity index (χ1v) is 5.36. The molecule has 6 nitrogen and oxygen atoms in total. The van der Waals surface area contributed by atoms with Crippen LogP contribution in [0.1, 0.15) is 26.2 Å². The van der Waals surface area contributed by atoms with Gasteiger partial charge < -0.3 is 21.5 Å². The standard InChI is InChI=1S/C10H21N3O3/c1-7(10(15)16-2)13-9(14)8(12)5-3-4-6-11/h7-8H,3-6,11-12H2,1-2H3,(H,13,14)/t7-,8-/m0/s1. The Bertz CT molecular complexity index is 233. The van der Waals surface area contributed by atoms with Gasteiger partial charge in [0.15, 0.2) is 0 Å². The molecule has 0 heterocycles. The van der Waals surface area contributed by atoms with Gasteiger partial charge in [0.25, 0.3) is 0 Å². The van der Waals surface area contributed by atoms with E-state index in [0.717, 1.165) is 12.8 Å². The van der Waals surface area contributed by atoms with Crippen LogP contribution in [0.4, 0.5) is 0 Å². The summed E-state index contributed by atoms with van der Waals surface area (Å²) in [5.74, 6) is -0.822. The Morgan fingerprint density at radius 3 is 2.50 bits per heavy atom. The second-order valence-corrected chi connectivity index (χ2v) is 3.64. The van der Waals surface area contributed by atoms with Crippen molar-refractivity contribution in [2.24, 2.45) is 11.5 Å². The van der Waals surface area contributed by atoms with Gasteiger partial charge in [-0.2, -0.15) is 0 Å². The van der Waals surface area contributed by atoms with Gasteiger partial charge in [0.05, 0.1) is 13.2 Å². The average Bonchev–Trinajstić information content (AvgIpc) is 2.27. The fraction of sp³-hybridized carbons (Fsp3) is 0.800. The highest BCUT2D eigenvalue weighted by Crippen LogP contribution is 1.98. The predicted molar refractivity (Wildman–Crippen MR) is 60.5 cm³/mol. The molecule has 0 aromatic carbocycles. The zero-order chi connectivity index (χ0) is 12.6. The van der Waals surface area contributed by atoms with Gasteiger partial charge in [-0.15, -0.1) is 0 Å². The Balaban J connectivity index is 3.90. The summed E-state index contributed by atoms with van der Waals surface area (Å²) in [6.07, 6.45) is 2.21. The molecule has 0 aliphatic heterocycles. The fourth-order valence-electron chi connectivity index (χ4n) is 1.20. The molecule has 0 bridgehead atoms. The molecule has 0 aromatic heterocycles. The lowest BCUT2D eigenvalue weighted by molar-refractivity contribution is -0.144. The van der Waals surface area contributed by atoms with Gasteiger partial charge in [0.2, 0.25) is 5.91 Å². The van der Waals surface area contributed by atoms with Crippen LogP contribution in [0.5, 0.6) is 0 Å². The van der Waals surface area contributed by atoms with E-state index in [9.17, 15) is 9.59 Å². The Kier molecular flexibility index (Phi) is 7.49. The van der Waals surface area contributed by atoms with E-state index in [2.05, 4.69) is 10.1 Å². The van der Waals surface area contributed by atoms with Crippen LogP contribution in [0.25, 0.3) is 0 Å². The van der Waals surface area contributed by atoms with Crippen molar-refractivity contribution in [1.29, 1.82) is 0 Å². The van der Waals surface area contributed by atoms with E-state index in [-0.39, 0.29) is 5.91 Å². The molecule has 0 aliphatic rings. The number of nitrogens with two attached hydrogens (primary N) is 2. The van der Waals surface area contributed by atoms with Crippen molar-refractivity contribution in [2.45, 2.75) is 38.3 Å². The number of amides is 1. The molecule has 0 rings (SSSR count). The maximum Gasteiger partial charge on any atom is 0.328 e. The third-order valence-corrected chi connectivity index (χ3v) is 2.22. The Morgan fingerprint density at radius 2 is 2.00 bits per heavy atom. The summed E-state index contributed by atoms with van der Waals surface area (Å²) >= 11 is 0. The average molecular weight is 231 g/mol. The summed E-state index contributed by atoms with van der Waals surface area (Å²) in [5.41, 5.74) is 11.0. The monoisotopic (exact) mass is 231 g/mol. The van der Waals surface area contributed by atoms with Crippen molar-refractivity contribution in [1.82, 2.24) is 5.32 Å². The van der Waals surface area contributed by atoms with Crippen LogP contribution in [-0.2, 0) is 14.3 Å². The minimum Gasteiger partial charge on any atom is -0.467 e. The number of esters is 1. The van der Waals surface area contributed by atoms with E-state index >= 15 is 0 Å². The number of carbonyl (C=O) groups excluding carboxylic acids is 2. The van der Waals surface area contributed by atoms with Crippen LogP contribution in [0.2, 0.25) is 0 Å². The third-order valence-electron chi connectivity index (χ3n) is 2.22. The topological polar surface area (TPSA) is 107 Å². The van der Waals surface area contributed by atoms with Crippen LogP contribution in [0.15, 0.2) is 0 Å². The highest BCUT2D eigenvalue weighted by atomic mass is 16.5. The molecule has 16 heavy (non-hydrogen) atoms. The maximum atomic E-state index is 11.5. The van der Waals surface area contributed by atoms with Gasteiger partial charge in [-0.3, -0.25) is 4.79 Å². The molecule has 0 saturated heterocycles. The van der Waals surface area contributed by atoms with Crippen LogP contribution in [-0.4, -0.2) is 37.6 Å². The lowest BCUT2D eigenvalue weighted by Gasteiger charge is -2.15. The molecule has 0 saturated carbocycles. The summed E-state index contributed by atoms with van der Waals surface area (Å²) in [5, 5.41) is 2.49. The minimum atomic E-state index is -0.668. The van der Waals surface area contributed by atoms with Crippen LogP contribution >= 0.6 is 0 Å². The molecule has 0 fully saturated rings. The molecule has 1 amide bonds. The molecule has 2 atom stereocenters. The fourth-order valence-corrected chi connectivity index (χ4v) is 1.20. The number of carbonyl (C=O) groups is 2. The number of methoxy groups -OCH3 is 1. The van der Waals surface area contributed by atoms with Crippen LogP contribution in [0.3, 0.4) is 0 Å². The number of rotatable bonds is 7. The second kappa shape index (κ2) is 8.06. The van der Waals surface area contributed by atoms with E-state index < -0.39 is 18.1 Å². The lowest BCUT2D eigenvalue weighted by atomic mass is 10.1. The first kappa shape index (κ1) is 14.9. The van der Waals surface area contributed by atoms with Crippen LogP contribution < -0.4 is 16.8 Å². The van der Waals surface area contributed by atoms with E-state index in [1.807, 2.05) is 0 Å². The van der Waals surface area contributed by atoms with E-state index in [1.54, 1.807) is 6.92 Å². The van der Waals surface area contributed by atoms with E-state index in [1.165, 1.54) is 7.11 Å². The Morgan fingerprint density at radius 1 is 1.38 bits per heavy atom. The molecular formula is C10H21N3O3. The SMILES string of the molecule is COC(=O)[C@H](C)NC(=O)[C@@H](N)CCCCN. The predicted octanol–water partition coefficient (Wildman–Crippen LogP) is -0.880. The summed E-state index contributed by atoms with van der Waals surface area (Å²) in [6, 6.07) is -1.27. The largest absolute Gasteiger partial charge is 0.467 e. The first-order chi connectivity index (χ1) is 7.52. The van der Waals surface area contributed by atoms with Crippen molar-refractivity contribution < 1.29 is 14.3 Å². The number of hydrogen-bond donors (Lipinski definition) is 3. The summed E-state index contributed by atoms with van der Waals surface area (Å²) in [4.78, 5) is 22.5. The van der Waals surface area contributed by atoms with Crippen molar-refractivity contribution in [3.8, 4) is 0 Å². The highest BCUT2D eigenvalue weighted by molar-refractivity contribution is 5.87. The van der Waals surface area contributed by atoms with E-state index in [0.29, 0.717) is 13.0 Å². The molecule has 6 heteroatoms. The van der Waals surface area contributed by atoms with Crippen molar-refractivity contribution in [3.63, 3.8) is 0 Å². The molecular weight excluding hydrogens is 210 g/mol. The molecule has 0 radical (unpaired) electrons. The number of hydrogen-bond acceptors (Lipinski definition) is 5. The van der Waals surface area contributed by atoms with Gasteiger partial charge in [0, 0.05) is 0 Å². The van der Waals surface area contributed by atoms with Gasteiger partial charge in [-0.05, 0) is 26.3 Å². The second-order valence-electron chi connectivity index (χ2n) is 3.64. The molecule has 5 N–H and O–H groups in total. The summed E-state index contributed by atoms with van der Waals surface area (Å²) in [7, 11) is 1.27. The lowest BCUT2D eigenvalue weighted by Crippen LogP contribution is -2.47. The summed E-state index contributed by atoms with van der Waals surface area (Å²) < 4.78 is 4.48. The zero-order valence-corrected chi connectivity index (χ0v) is 9.86. The number of nitrogens with one attached hydrogen (secondary N) is 1.